The van der Waals surface area contributed by atoms with E-state index in [1.807, 2.05) is 11.0 Å². The molecule has 2 saturated heterocycles. The van der Waals surface area contributed by atoms with Crippen molar-refractivity contribution in [2.24, 2.45) is 0 Å². The van der Waals surface area contributed by atoms with Crippen molar-refractivity contribution < 1.29 is 9.53 Å². The predicted molar refractivity (Wildman–Crippen MR) is 99.0 cm³/mol. The van der Waals surface area contributed by atoms with E-state index >= 15 is 0 Å². The molecule has 4 rings (SSSR count). The smallest absolute Gasteiger partial charge is 0.253 e. The van der Waals surface area contributed by atoms with Gasteiger partial charge in [-0.25, -0.2) is 0 Å². The molecule has 2 aliphatic rings. The average molecular weight is 354 g/mol. The van der Waals surface area contributed by atoms with Crippen LogP contribution in [-0.2, 0) is 16.0 Å². The van der Waals surface area contributed by atoms with E-state index in [-0.39, 0.29) is 12.0 Å². The number of piperidine rings is 1. The third kappa shape index (κ3) is 3.97. The van der Waals surface area contributed by atoms with Crippen molar-refractivity contribution in [3.63, 3.8) is 0 Å². The van der Waals surface area contributed by atoms with Crippen LogP contribution in [0.25, 0.3) is 0 Å². The van der Waals surface area contributed by atoms with E-state index in [4.69, 9.17) is 4.74 Å². The highest BCUT2D eigenvalue weighted by atomic mass is 16.5. The molecule has 0 saturated carbocycles. The van der Waals surface area contributed by atoms with Crippen molar-refractivity contribution in [1.29, 1.82) is 0 Å². The van der Waals surface area contributed by atoms with E-state index in [0.717, 1.165) is 50.3 Å². The highest BCUT2D eigenvalue weighted by Gasteiger charge is 2.30. The highest BCUT2D eigenvalue weighted by molar-refractivity contribution is 5.81. The largest absolute Gasteiger partial charge is 0.366 e. The molecule has 0 unspecified atom stereocenters. The second-order valence-corrected chi connectivity index (χ2v) is 7.14. The maximum absolute atomic E-state index is 12.5. The minimum Gasteiger partial charge on any atom is -0.366 e. The van der Waals surface area contributed by atoms with Gasteiger partial charge in [0.1, 0.15) is 6.10 Å². The Kier molecular flexibility index (Phi) is 5.32. The van der Waals surface area contributed by atoms with Crippen LogP contribution in [0.15, 0.2) is 36.4 Å². The van der Waals surface area contributed by atoms with Gasteiger partial charge < -0.3 is 15.0 Å². The number of hydrogen-bond acceptors (Lipinski definition) is 4. The predicted octanol–water partition coefficient (Wildman–Crippen LogP) is 1.69. The standard InChI is InChI=1S/C20H26N4O2/c25-20(19-14-21-8-11-26-19)24-9-6-16(7-10-24)18-13-17(22-23-18)12-15-4-2-1-3-5-15/h1-5,13,16,19,21H,6-12,14H2,(H,22,23)/t19-/m1/s1. The average Bonchev–Trinajstić information content (AvgIpc) is 3.17. The van der Waals surface area contributed by atoms with Crippen LogP contribution in [-0.4, -0.2) is 59.9 Å². The van der Waals surface area contributed by atoms with E-state index in [1.165, 1.54) is 5.56 Å². The molecule has 6 heteroatoms. The minimum absolute atomic E-state index is 0.127. The summed E-state index contributed by atoms with van der Waals surface area (Å²) in [6.07, 6.45) is 2.48. The first kappa shape index (κ1) is 17.2. The van der Waals surface area contributed by atoms with E-state index in [9.17, 15) is 4.79 Å². The molecule has 2 aromatic rings. The molecule has 1 atom stereocenters. The molecular formula is C20H26N4O2. The van der Waals surface area contributed by atoms with Gasteiger partial charge in [0.05, 0.1) is 12.3 Å². The maximum atomic E-state index is 12.5. The number of benzene rings is 1. The Morgan fingerprint density at radius 1 is 1.23 bits per heavy atom. The Balaban J connectivity index is 1.31. The Morgan fingerprint density at radius 3 is 2.77 bits per heavy atom. The molecule has 26 heavy (non-hydrogen) atoms. The molecular weight excluding hydrogens is 328 g/mol. The van der Waals surface area contributed by atoms with Gasteiger partial charge in [-0.1, -0.05) is 30.3 Å². The topological polar surface area (TPSA) is 70.2 Å². The summed E-state index contributed by atoms with van der Waals surface area (Å²) in [6.45, 7) is 3.64. The zero-order valence-corrected chi connectivity index (χ0v) is 15.0. The van der Waals surface area contributed by atoms with Crippen LogP contribution in [0.2, 0.25) is 0 Å². The molecule has 1 amide bonds. The minimum atomic E-state index is -0.317. The van der Waals surface area contributed by atoms with Gasteiger partial charge in [0.2, 0.25) is 0 Å². The molecule has 2 fully saturated rings. The van der Waals surface area contributed by atoms with Crippen molar-refractivity contribution in [3.05, 3.63) is 53.3 Å². The third-order valence-electron chi connectivity index (χ3n) is 5.32. The van der Waals surface area contributed by atoms with Gasteiger partial charge in [0.25, 0.3) is 5.91 Å². The number of likely N-dealkylation sites (tertiary alicyclic amines) is 1. The van der Waals surface area contributed by atoms with Gasteiger partial charge in [-0.05, 0) is 24.5 Å². The molecule has 2 N–H and O–H groups in total. The number of morpholine rings is 1. The number of aromatic nitrogens is 2. The van der Waals surface area contributed by atoms with Crippen LogP contribution in [0, 0.1) is 0 Å². The van der Waals surface area contributed by atoms with Gasteiger partial charge in [-0.2, -0.15) is 5.10 Å². The zero-order valence-electron chi connectivity index (χ0n) is 15.0. The Hall–Kier alpha value is -2.18. The molecule has 0 aliphatic carbocycles. The molecule has 138 valence electrons. The lowest BCUT2D eigenvalue weighted by molar-refractivity contribution is -0.146. The molecule has 1 aromatic carbocycles. The van der Waals surface area contributed by atoms with Crippen molar-refractivity contribution in [3.8, 4) is 0 Å². The van der Waals surface area contributed by atoms with Gasteiger partial charge >= 0.3 is 0 Å². The lowest BCUT2D eigenvalue weighted by Gasteiger charge is -2.34. The van der Waals surface area contributed by atoms with Gasteiger partial charge in [-0.3, -0.25) is 9.89 Å². The lowest BCUT2D eigenvalue weighted by Crippen LogP contribution is -2.51. The molecule has 6 nitrogen and oxygen atoms in total. The van der Waals surface area contributed by atoms with Crippen LogP contribution in [0.5, 0.6) is 0 Å². The summed E-state index contributed by atoms with van der Waals surface area (Å²) in [6, 6.07) is 12.6. The number of rotatable bonds is 4. The summed E-state index contributed by atoms with van der Waals surface area (Å²) in [7, 11) is 0. The number of hydrogen-bond donors (Lipinski definition) is 2. The normalized spacial score (nSPS) is 21.7. The number of carbonyl (C=O) groups is 1. The Labute approximate surface area is 153 Å². The van der Waals surface area contributed by atoms with Crippen molar-refractivity contribution in [2.45, 2.75) is 31.3 Å². The number of amides is 1. The number of nitrogens with one attached hydrogen (secondary N) is 2. The molecule has 0 spiro atoms. The Morgan fingerprint density at radius 2 is 2.04 bits per heavy atom. The first-order valence-corrected chi connectivity index (χ1v) is 9.49. The third-order valence-corrected chi connectivity index (χ3v) is 5.32. The summed E-state index contributed by atoms with van der Waals surface area (Å²) in [4.78, 5) is 14.5. The second kappa shape index (κ2) is 8.01. The summed E-state index contributed by atoms with van der Waals surface area (Å²) < 4.78 is 5.59. The summed E-state index contributed by atoms with van der Waals surface area (Å²) in [5, 5.41) is 10.9. The number of H-pyrrole nitrogens is 1. The van der Waals surface area contributed by atoms with E-state index in [1.54, 1.807) is 0 Å². The lowest BCUT2D eigenvalue weighted by atomic mass is 9.93. The van der Waals surface area contributed by atoms with Crippen LogP contribution in [0.1, 0.15) is 35.7 Å². The van der Waals surface area contributed by atoms with Crippen molar-refractivity contribution in [1.82, 2.24) is 20.4 Å². The van der Waals surface area contributed by atoms with Crippen LogP contribution in [0.3, 0.4) is 0 Å². The van der Waals surface area contributed by atoms with Crippen LogP contribution >= 0.6 is 0 Å². The highest BCUT2D eigenvalue weighted by Crippen LogP contribution is 2.28. The monoisotopic (exact) mass is 354 g/mol. The number of carbonyl (C=O) groups excluding carboxylic acids is 1. The fourth-order valence-corrected chi connectivity index (χ4v) is 3.82. The fourth-order valence-electron chi connectivity index (χ4n) is 3.82. The van der Waals surface area contributed by atoms with Crippen LogP contribution in [0.4, 0.5) is 0 Å². The first-order chi connectivity index (χ1) is 12.8. The summed E-state index contributed by atoms with van der Waals surface area (Å²) in [5.74, 6) is 0.549. The maximum Gasteiger partial charge on any atom is 0.253 e. The molecule has 0 bridgehead atoms. The fraction of sp³-hybridized carbons (Fsp3) is 0.500. The van der Waals surface area contributed by atoms with Crippen molar-refractivity contribution >= 4 is 5.91 Å². The number of nitrogens with zero attached hydrogens (tertiary/aromatic N) is 2. The molecule has 2 aliphatic heterocycles. The number of ether oxygens (including phenoxy) is 1. The van der Waals surface area contributed by atoms with Gasteiger partial charge in [-0.15, -0.1) is 0 Å². The number of aromatic amines is 1. The molecule has 1 aromatic heterocycles. The molecule has 0 radical (unpaired) electrons. The Bertz CT molecular complexity index is 716. The van der Waals surface area contributed by atoms with Crippen molar-refractivity contribution in [2.75, 3.05) is 32.8 Å². The zero-order chi connectivity index (χ0) is 17.8. The molecule has 3 heterocycles. The SMILES string of the molecule is O=C([C@H]1CNCCO1)N1CCC(c2cc(Cc3ccccc3)[nH]n2)CC1. The second-order valence-electron chi connectivity index (χ2n) is 7.14. The van der Waals surface area contributed by atoms with Crippen LogP contribution < -0.4 is 5.32 Å². The van der Waals surface area contributed by atoms with E-state index < -0.39 is 0 Å². The van der Waals surface area contributed by atoms with Gasteiger partial charge in [0.15, 0.2) is 0 Å². The quantitative estimate of drug-likeness (QED) is 0.877. The summed E-state index contributed by atoms with van der Waals surface area (Å²) in [5.41, 5.74) is 3.55. The first-order valence-electron chi connectivity index (χ1n) is 9.49. The summed E-state index contributed by atoms with van der Waals surface area (Å²) >= 11 is 0. The van der Waals surface area contributed by atoms with E-state index in [0.29, 0.717) is 19.1 Å². The van der Waals surface area contributed by atoms with Gasteiger partial charge in [0, 0.05) is 44.2 Å². The van der Waals surface area contributed by atoms with E-state index in [2.05, 4.69) is 45.8 Å².